The molecule has 0 radical (unpaired) electrons. The molecule has 1 unspecified atom stereocenters. The molecule has 0 saturated carbocycles. The summed E-state index contributed by atoms with van der Waals surface area (Å²) in [5.41, 5.74) is 5.64. The largest absolute Gasteiger partial charge is 0.478 e. The minimum atomic E-state index is -1.02. The Kier molecular flexibility index (Phi) is 5.00. The lowest BCUT2D eigenvalue weighted by atomic mass is 9.86. The molecule has 1 aromatic rings. The van der Waals surface area contributed by atoms with Gasteiger partial charge >= 0.3 is 5.97 Å². The van der Waals surface area contributed by atoms with Crippen molar-refractivity contribution in [2.24, 2.45) is 11.1 Å². The summed E-state index contributed by atoms with van der Waals surface area (Å²) < 4.78 is 0. The maximum atomic E-state index is 12.0. The first-order valence-electron chi connectivity index (χ1n) is 6.09. The fraction of sp³-hybridized carbons (Fsp3) is 0.462. The fourth-order valence-corrected chi connectivity index (χ4v) is 1.49. The van der Waals surface area contributed by atoms with Crippen LogP contribution in [0.5, 0.6) is 0 Å². The fourth-order valence-electron chi connectivity index (χ4n) is 1.49. The Morgan fingerprint density at radius 1 is 1.53 bits per heavy atom. The first-order chi connectivity index (χ1) is 8.92. The molecule has 104 valence electrons. The molecule has 0 saturated heterocycles. The van der Waals surface area contributed by atoms with Crippen molar-refractivity contribution in [3.05, 3.63) is 29.6 Å². The van der Waals surface area contributed by atoms with Gasteiger partial charge in [0.25, 0.3) is 0 Å². The van der Waals surface area contributed by atoms with E-state index in [9.17, 15) is 9.59 Å². The minimum Gasteiger partial charge on any atom is -0.478 e. The number of rotatable bonds is 6. The van der Waals surface area contributed by atoms with Crippen molar-refractivity contribution >= 4 is 11.9 Å². The van der Waals surface area contributed by atoms with E-state index in [1.54, 1.807) is 6.92 Å². The molecule has 0 aliphatic heterocycles. The number of carbonyl (C=O) groups is 2. The number of aromatic carboxylic acids is 1. The van der Waals surface area contributed by atoms with Crippen molar-refractivity contribution in [3.63, 3.8) is 0 Å². The van der Waals surface area contributed by atoms with Crippen molar-refractivity contribution in [2.75, 3.05) is 6.54 Å². The van der Waals surface area contributed by atoms with E-state index in [2.05, 4.69) is 10.3 Å². The molecule has 6 heteroatoms. The number of pyridine rings is 1. The van der Waals surface area contributed by atoms with Gasteiger partial charge < -0.3 is 16.2 Å². The van der Waals surface area contributed by atoms with E-state index < -0.39 is 11.4 Å². The Labute approximate surface area is 112 Å². The van der Waals surface area contributed by atoms with E-state index in [4.69, 9.17) is 10.8 Å². The predicted octanol–water partition coefficient (Wildman–Crippen LogP) is 0.771. The highest BCUT2D eigenvalue weighted by Crippen LogP contribution is 2.19. The number of aromatic nitrogens is 1. The van der Waals surface area contributed by atoms with Crippen molar-refractivity contribution in [2.45, 2.75) is 26.8 Å². The zero-order valence-corrected chi connectivity index (χ0v) is 11.1. The lowest BCUT2D eigenvalue weighted by Gasteiger charge is -2.24. The normalized spacial score (nSPS) is 13.6. The van der Waals surface area contributed by atoms with E-state index in [1.807, 2.05) is 6.92 Å². The third kappa shape index (κ3) is 3.75. The molecular weight excluding hydrogens is 246 g/mol. The Hall–Kier alpha value is -1.95. The molecule has 0 fully saturated rings. The quantitative estimate of drug-likeness (QED) is 0.704. The third-order valence-corrected chi connectivity index (χ3v) is 3.27. The number of amides is 1. The van der Waals surface area contributed by atoms with E-state index >= 15 is 0 Å². The van der Waals surface area contributed by atoms with Crippen LogP contribution in [0.15, 0.2) is 18.3 Å². The summed E-state index contributed by atoms with van der Waals surface area (Å²) in [6, 6.07) is 2.85. The summed E-state index contributed by atoms with van der Waals surface area (Å²) in [5.74, 6) is -1.17. The van der Waals surface area contributed by atoms with Gasteiger partial charge in [0.2, 0.25) is 5.91 Å². The highest BCUT2D eigenvalue weighted by atomic mass is 16.4. The van der Waals surface area contributed by atoms with Gasteiger partial charge in [-0.05, 0) is 25.5 Å². The van der Waals surface area contributed by atoms with Gasteiger partial charge in [-0.2, -0.15) is 0 Å². The average Bonchev–Trinajstić information content (AvgIpc) is 2.44. The Morgan fingerprint density at radius 3 is 2.74 bits per heavy atom. The maximum absolute atomic E-state index is 12.0. The Bertz CT molecular complexity index is 470. The number of nitrogens with two attached hydrogens (primary N) is 1. The van der Waals surface area contributed by atoms with E-state index in [0.29, 0.717) is 12.1 Å². The summed E-state index contributed by atoms with van der Waals surface area (Å²) >= 11 is 0. The van der Waals surface area contributed by atoms with Gasteiger partial charge in [0, 0.05) is 12.7 Å². The summed E-state index contributed by atoms with van der Waals surface area (Å²) in [6.45, 7) is 4.15. The van der Waals surface area contributed by atoms with Crippen LogP contribution in [0.25, 0.3) is 0 Å². The molecule has 1 atom stereocenters. The lowest BCUT2D eigenvalue weighted by molar-refractivity contribution is -0.130. The summed E-state index contributed by atoms with van der Waals surface area (Å²) in [5, 5.41) is 11.6. The molecular formula is C13H19N3O3. The monoisotopic (exact) mass is 265 g/mol. The van der Waals surface area contributed by atoms with E-state index in [-0.39, 0.29) is 24.6 Å². The molecule has 6 nitrogen and oxygen atoms in total. The van der Waals surface area contributed by atoms with Gasteiger partial charge in [-0.15, -0.1) is 0 Å². The number of carboxylic acids is 1. The van der Waals surface area contributed by atoms with Crippen LogP contribution in [0.1, 0.15) is 36.3 Å². The number of carbonyl (C=O) groups excluding carboxylic acids is 1. The van der Waals surface area contributed by atoms with Crippen LogP contribution in [-0.4, -0.2) is 28.5 Å². The first kappa shape index (κ1) is 15.1. The van der Waals surface area contributed by atoms with E-state index in [0.717, 1.165) is 0 Å². The van der Waals surface area contributed by atoms with Crippen LogP contribution in [0.3, 0.4) is 0 Å². The van der Waals surface area contributed by atoms with Gasteiger partial charge in [0.1, 0.15) is 0 Å². The van der Waals surface area contributed by atoms with E-state index in [1.165, 1.54) is 18.3 Å². The number of nitrogens with one attached hydrogen (secondary N) is 1. The first-order valence-corrected chi connectivity index (χ1v) is 6.09. The van der Waals surface area contributed by atoms with Gasteiger partial charge in [-0.25, -0.2) is 4.79 Å². The number of nitrogens with zero attached hydrogens (tertiary/aromatic N) is 1. The number of carboxylic acid groups (broad SMARTS) is 1. The summed E-state index contributed by atoms with van der Waals surface area (Å²) in [4.78, 5) is 26.8. The van der Waals surface area contributed by atoms with Crippen molar-refractivity contribution in [3.8, 4) is 0 Å². The molecule has 1 rings (SSSR count). The maximum Gasteiger partial charge on any atom is 0.335 e. The lowest BCUT2D eigenvalue weighted by Crippen LogP contribution is -2.43. The zero-order valence-electron chi connectivity index (χ0n) is 11.1. The van der Waals surface area contributed by atoms with Crippen LogP contribution in [0.4, 0.5) is 0 Å². The van der Waals surface area contributed by atoms with Crippen molar-refractivity contribution < 1.29 is 14.7 Å². The number of hydrogen-bond donors (Lipinski definition) is 3. The molecule has 1 amide bonds. The highest BCUT2D eigenvalue weighted by molar-refractivity contribution is 5.87. The van der Waals surface area contributed by atoms with Gasteiger partial charge in [0.05, 0.1) is 23.2 Å². The van der Waals surface area contributed by atoms with Gasteiger partial charge in [-0.1, -0.05) is 6.92 Å². The molecule has 0 bridgehead atoms. The topological polar surface area (TPSA) is 105 Å². The molecule has 0 aliphatic rings. The van der Waals surface area contributed by atoms with Crippen molar-refractivity contribution in [1.29, 1.82) is 0 Å². The van der Waals surface area contributed by atoms with Gasteiger partial charge in [0.15, 0.2) is 0 Å². The molecule has 0 aliphatic carbocycles. The average molecular weight is 265 g/mol. The summed E-state index contributed by atoms with van der Waals surface area (Å²) in [7, 11) is 0. The second-order valence-corrected chi connectivity index (χ2v) is 4.64. The van der Waals surface area contributed by atoms with Crippen LogP contribution < -0.4 is 11.1 Å². The van der Waals surface area contributed by atoms with Crippen LogP contribution in [0.2, 0.25) is 0 Å². The second-order valence-electron chi connectivity index (χ2n) is 4.64. The van der Waals surface area contributed by atoms with Crippen LogP contribution in [-0.2, 0) is 11.3 Å². The second kappa shape index (κ2) is 6.29. The molecule has 0 spiro atoms. The molecule has 0 aromatic carbocycles. The van der Waals surface area contributed by atoms with Crippen LogP contribution in [0, 0.1) is 5.41 Å². The third-order valence-electron chi connectivity index (χ3n) is 3.27. The Morgan fingerprint density at radius 2 is 2.21 bits per heavy atom. The molecule has 19 heavy (non-hydrogen) atoms. The highest BCUT2D eigenvalue weighted by Gasteiger charge is 2.29. The zero-order chi connectivity index (χ0) is 14.5. The molecule has 4 N–H and O–H groups in total. The standard InChI is InChI=1S/C13H19N3O3/c1-3-13(2,8-14)12(19)16-7-10-6-9(11(17)18)4-5-15-10/h4-6H,3,7-8,14H2,1-2H3,(H,16,19)(H,17,18). The van der Waals surface area contributed by atoms with Crippen LogP contribution >= 0.6 is 0 Å². The smallest absolute Gasteiger partial charge is 0.335 e. The molecule has 1 aromatic heterocycles. The molecule has 1 heterocycles. The number of hydrogen-bond acceptors (Lipinski definition) is 4. The van der Waals surface area contributed by atoms with Gasteiger partial charge in [-0.3, -0.25) is 9.78 Å². The SMILES string of the molecule is CCC(C)(CN)C(=O)NCc1cc(C(=O)O)ccn1. The minimum absolute atomic E-state index is 0.149. The Balaban J connectivity index is 2.69. The predicted molar refractivity (Wildman–Crippen MR) is 70.5 cm³/mol. The summed E-state index contributed by atoms with van der Waals surface area (Å²) in [6.07, 6.45) is 2.05. The van der Waals surface area contributed by atoms with Crippen molar-refractivity contribution in [1.82, 2.24) is 10.3 Å².